The number of benzene rings is 2. The lowest BCUT2D eigenvalue weighted by Gasteiger charge is -2.29. The molecule has 3 rings (SSSR count). The van der Waals surface area contributed by atoms with E-state index in [9.17, 15) is 26.3 Å². The van der Waals surface area contributed by atoms with Gasteiger partial charge in [0.2, 0.25) is 0 Å². The molecule has 0 aromatic heterocycles. The lowest BCUT2D eigenvalue weighted by Crippen LogP contribution is -2.20. The Bertz CT molecular complexity index is 887. The lowest BCUT2D eigenvalue weighted by atomic mass is 9.77. The van der Waals surface area contributed by atoms with Crippen LogP contribution in [0.5, 0.6) is 5.75 Å². The van der Waals surface area contributed by atoms with Crippen molar-refractivity contribution in [3.8, 4) is 5.75 Å². The van der Waals surface area contributed by atoms with Crippen molar-refractivity contribution < 1.29 is 35.8 Å². The molecule has 8 heteroatoms. The Balaban J connectivity index is 1.52. The molecule has 0 aliphatic heterocycles. The molecule has 0 saturated heterocycles. The molecule has 1 fully saturated rings. The first-order valence-corrected chi connectivity index (χ1v) is 11.2. The molecule has 2 aromatic rings. The fourth-order valence-electron chi connectivity index (χ4n) is 4.43. The van der Waals surface area contributed by atoms with Gasteiger partial charge in [0.15, 0.2) is 11.6 Å². The van der Waals surface area contributed by atoms with E-state index < -0.39 is 30.6 Å². The molecule has 0 unspecified atom stereocenters. The van der Waals surface area contributed by atoms with Gasteiger partial charge in [0.25, 0.3) is 0 Å². The zero-order chi connectivity index (χ0) is 24.1. The number of hydrogen-bond acceptors (Lipinski definition) is 2. The highest BCUT2D eigenvalue weighted by Gasteiger charge is 2.34. The minimum atomic E-state index is -5.02. The van der Waals surface area contributed by atoms with Crippen molar-refractivity contribution in [2.24, 2.45) is 5.92 Å². The summed E-state index contributed by atoms with van der Waals surface area (Å²) in [5.41, 5.74) is 0.999. The standard InChI is InChI=1S/C25H28F6O2/c1-2-3-17-4-7-19(8-5-17)20-9-11-21(12-10-20)24(27,28)32-15-14-18-6-13-23(22(26)16-18)33-25(29,30)31/h6,9-13,16-17,19H,2-5,7-8,14-15H2,1H3/t17-,19-. The van der Waals surface area contributed by atoms with Gasteiger partial charge in [0.05, 0.1) is 12.2 Å². The van der Waals surface area contributed by atoms with E-state index in [1.54, 1.807) is 12.1 Å². The second-order valence-corrected chi connectivity index (χ2v) is 8.56. The average molecular weight is 474 g/mol. The summed E-state index contributed by atoms with van der Waals surface area (Å²) in [6, 6.07) is 9.00. The van der Waals surface area contributed by atoms with Crippen LogP contribution in [0, 0.1) is 11.7 Å². The molecule has 33 heavy (non-hydrogen) atoms. The predicted octanol–water partition coefficient (Wildman–Crippen LogP) is 8.11. The summed E-state index contributed by atoms with van der Waals surface area (Å²) in [5, 5.41) is 0. The van der Waals surface area contributed by atoms with E-state index in [0.717, 1.165) is 36.5 Å². The normalized spacial score (nSPS) is 19.5. The molecule has 2 aromatic carbocycles. The zero-order valence-corrected chi connectivity index (χ0v) is 18.4. The van der Waals surface area contributed by atoms with Gasteiger partial charge in [-0.25, -0.2) is 4.39 Å². The van der Waals surface area contributed by atoms with Gasteiger partial charge in [-0.05, 0) is 67.2 Å². The van der Waals surface area contributed by atoms with Crippen LogP contribution in [0.1, 0.15) is 68.1 Å². The Morgan fingerprint density at radius 1 is 0.909 bits per heavy atom. The van der Waals surface area contributed by atoms with Gasteiger partial charge in [-0.15, -0.1) is 13.2 Å². The molecule has 1 saturated carbocycles. The first-order chi connectivity index (χ1) is 15.6. The molecular formula is C25H28F6O2. The first-order valence-electron chi connectivity index (χ1n) is 11.2. The Morgan fingerprint density at radius 3 is 2.15 bits per heavy atom. The van der Waals surface area contributed by atoms with Gasteiger partial charge in [0.1, 0.15) is 0 Å². The van der Waals surface area contributed by atoms with Crippen molar-refractivity contribution in [2.75, 3.05) is 6.61 Å². The number of rotatable bonds is 9. The topological polar surface area (TPSA) is 18.5 Å². The van der Waals surface area contributed by atoms with Gasteiger partial charge in [-0.2, -0.15) is 8.78 Å². The molecule has 182 valence electrons. The molecule has 2 nitrogen and oxygen atoms in total. The van der Waals surface area contributed by atoms with Crippen molar-refractivity contribution in [1.82, 2.24) is 0 Å². The summed E-state index contributed by atoms with van der Waals surface area (Å²) in [6.45, 7) is 1.75. The van der Waals surface area contributed by atoms with Crippen molar-refractivity contribution in [2.45, 2.75) is 70.3 Å². The molecule has 0 spiro atoms. The largest absolute Gasteiger partial charge is 0.573 e. The highest BCUT2D eigenvalue weighted by molar-refractivity contribution is 5.30. The van der Waals surface area contributed by atoms with Crippen LogP contribution in [0.2, 0.25) is 0 Å². The highest BCUT2D eigenvalue weighted by Crippen LogP contribution is 2.38. The fourth-order valence-corrected chi connectivity index (χ4v) is 4.43. The van der Waals surface area contributed by atoms with Crippen LogP contribution in [0.3, 0.4) is 0 Å². The molecule has 1 aliphatic rings. The maximum absolute atomic E-state index is 14.5. The third-order valence-electron chi connectivity index (χ3n) is 6.16. The Labute approximate surface area is 189 Å². The van der Waals surface area contributed by atoms with E-state index in [1.807, 2.05) is 0 Å². The van der Waals surface area contributed by atoms with E-state index in [1.165, 1.54) is 43.9 Å². The second kappa shape index (κ2) is 10.8. The minimum Gasteiger partial charge on any atom is -0.403 e. The molecule has 0 radical (unpaired) electrons. The van der Waals surface area contributed by atoms with Crippen LogP contribution in [-0.4, -0.2) is 13.0 Å². The van der Waals surface area contributed by atoms with Gasteiger partial charge in [0, 0.05) is 0 Å². The molecule has 0 bridgehead atoms. The third kappa shape index (κ3) is 7.39. The molecule has 1 aliphatic carbocycles. The summed E-state index contributed by atoms with van der Waals surface area (Å²) in [6.07, 6.45) is -1.74. The molecular weight excluding hydrogens is 446 g/mol. The summed E-state index contributed by atoms with van der Waals surface area (Å²) < 4.78 is 87.5. The highest BCUT2D eigenvalue weighted by atomic mass is 19.4. The van der Waals surface area contributed by atoms with Gasteiger partial charge in [-0.3, -0.25) is 0 Å². The third-order valence-corrected chi connectivity index (χ3v) is 6.16. The van der Waals surface area contributed by atoms with Crippen LogP contribution in [0.25, 0.3) is 0 Å². The van der Waals surface area contributed by atoms with Gasteiger partial charge < -0.3 is 9.47 Å². The quantitative estimate of drug-likeness (QED) is 0.342. The predicted molar refractivity (Wildman–Crippen MR) is 113 cm³/mol. The van der Waals surface area contributed by atoms with Gasteiger partial charge >= 0.3 is 12.5 Å². The monoisotopic (exact) mass is 474 g/mol. The minimum absolute atomic E-state index is 0.0993. The van der Waals surface area contributed by atoms with E-state index in [0.29, 0.717) is 5.92 Å². The number of alkyl halides is 5. The van der Waals surface area contributed by atoms with Crippen LogP contribution in [0.15, 0.2) is 42.5 Å². The Morgan fingerprint density at radius 2 is 1.58 bits per heavy atom. The smallest absolute Gasteiger partial charge is 0.403 e. The number of hydrogen-bond donors (Lipinski definition) is 0. The lowest BCUT2D eigenvalue weighted by molar-refractivity contribution is -0.275. The van der Waals surface area contributed by atoms with Crippen molar-refractivity contribution in [1.29, 1.82) is 0 Å². The van der Waals surface area contributed by atoms with E-state index in [2.05, 4.69) is 11.7 Å². The summed E-state index contributed by atoms with van der Waals surface area (Å²) in [4.78, 5) is 0. The summed E-state index contributed by atoms with van der Waals surface area (Å²) in [5.74, 6) is -1.04. The summed E-state index contributed by atoms with van der Waals surface area (Å²) in [7, 11) is 0. The van der Waals surface area contributed by atoms with Gasteiger partial charge in [-0.1, -0.05) is 50.1 Å². The molecule has 0 N–H and O–H groups in total. The number of halogens is 6. The number of ether oxygens (including phenoxy) is 2. The molecule has 0 atom stereocenters. The van der Waals surface area contributed by atoms with Crippen molar-refractivity contribution >= 4 is 0 Å². The molecule has 0 heterocycles. The van der Waals surface area contributed by atoms with E-state index in [-0.39, 0.29) is 17.5 Å². The maximum atomic E-state index is 14.5. The van der Waals surface area contributed by atoms with Crippen LogP contribution < -0.4 is 4.74 Å². The van der Waals surface area contributed by atoms with Crippen LogP contribution >= 0.6 is 0 Å². The van der Waals surface area contributed by atoms with Crippen LogP contribution in [0.4, 0.5) is 26.3 Å². The summed E-state index contributed by atoms with van der Waals surface area (Å²) >= 11 is 0. The van der Waals surface area contributed by atoms with Crippen molar-refractivity contribution in [3.63, 3.8) is 0 Å². The van der Waals surface area contributed by atoms with Crippen LogP contribution in [-0.2, 0) is 17.3 Å². The van der Waals surface area contributed by atoms with Crippen molar-refractivity contribution in [3.05, 3.63) is 65.0 Å². The van der Waals surface area contributed by atoms with E-state index >= 15 is 0 Å². The Kier molecular flexibility index (Phi) is 8.32. The first kappa shape index (κ1) is 25.4. The maximum Gasteiger partial charge on any atom is 0.573 e. The fraction of sp³-hybridized carbons (Fsp3) is 0.520. The zero-order valence-electron chi connectivity index (χ0n) is 18.4. The molecule has 0 amide bonds. The Hall–Kier alpha value is -2.22. The van der Waals surface area contributed by atoms with E-state index in [4.69, 9.17) is 4.74 Å². The SMILES string of the molecule is CCC[C@H]1CC[C@H](c2ccc(C(F)(F)OCCc3ccc(OC(F)(F)F)c(F)c3)cc2)CC1. The second-order valence-electron chi connectivity index (χ2n) is 8.56. The average Bonchev–Trinajstić information content (AvgIpc) is 2.76.